The van der Waals surface area contributed by atoms with Crippen molar-refractivity contribution < 1.29 is 23.5 Å². The third-order valence-electron chi connectivity index (χ3n) is 2.60. The van der Waals surface area contributed by atoms with Crippen LogP contribution in [0.2, 0.25) is 0 Å². The molecule has 2 atom stereocenters. The summed E-state index contributed by atoms with van der Waals surface area (Å²) in [5, 5.41) is 22.6. The van der Waals surface area contributed by atoms with E-state index in [1.807, 2.05) is 0 Å². The minimum absolute atomic E-state index is 0.291. The molecule has 1 heterocycles. The van der Waals surface area contributed by atoms with Crippen molar-refractivity contribution in [1.29, 1.82) is 0 Å². The highest BCUT2D eigenvalue weighted by Crippen LogP contribution is 2.27. The zero-order chi connectivity index (χ0) is 13.3. The van der Waals surface area contributed by atoms with Gasteiger partial charge in [-0.25, -0.2) is 4.39 Å². The molecule has 0 aromatic heterocycles. The summed E-state index contributed by atoms with van der Waals surface area (Å²) in [7, 11) is 0. The van der Waals surface area contributed by atoms with Crippen LogP contribution in [0.3, 0.4) is 0 Å². The predicted octanol–water partition coefficient (Wildman–Crippen LogP) is 0.584. The third-order valence-corrected chi connectivity index (χ3v) is 2.60. The number of rotatable bonds is 3. The van der Waals surface area contributed by atoms with E-state index in [2.05, 4.69) is 5.32 Å². The Balaban J connectivity index is 2.23. The van der Waals surface area contributed by atoms with Crippen molar-refractivity contribution in [2.24, 2.45) is 0 Å². The van der Waals surface area contributed by atoms with Gasteiger partial charge in [-0.15, -0.1) is 0 Å². The fourth-order valence-electron chi connectivity index (χ4n) is 1.67. The Morgan fingerprint density at radius 1 is 1.39 bits per heavy atom. The molecular weight excluding hydrogens is 250 g/mol. The first-order valence-corrected chi connectivity index (χ1v) is 5.18. The van der Waals surface area contributed by atoms with Gasteiger partial charge in [0.05, 0.1) is 11.0 Å². The molecule has 0 radical (unpaired) electrons. The van der Waals surface area contributed by atoms with E-state index in [1.54, 1.807) is 0 Å². The van der Waals surface area contributed by atoms with Gasteiger partial charge in [0.15, 0.2) is 11.6 Å². The van der Waals surface area contributed by atoms with Gasteiger partial charge in [-0.2, -0.15) is 4.39 Å². The van der Waals surface area contributed by atoms with Crippen LogP contribution >= 0.6 is 0 Å². The fourth-order valence-corrected chi connectivity index (χ4v) is 1.67. The molecule has 1 aliphatic heterocycles. The SMILES string of the molecule is O=[N+]([O-])c1cc(F)c(OC2CNCC2O)cc1F. The number of nitrogens with zero attached hydrogens (tertiary/aromatic N) is 1. The number of nitro benzene ring substituents is 1. The van der Waals surface area contributed by atoms with E-state index < -0.39 is 40.2 Å². The molecule has 0 spiro atoms. The van der Waals surface area contributed by atoms with Crippen LogP contribution in [-0.4, -0.2) is 35.3 Å². The molecule has 6 nitrogen and oxygen atoms in total. The highest BCUT2D eigenvalue weighted by molar-refractivity contribution is 5.39. The molecular formula is C10H10F2N2O4. The number of nitro groups is 1. The average molecular weight is 260 g/mol. The van der Waals surface area contributed by atoms with Crippen LogP contribution in [0.25, 0.3) is 0 Å². The van der Waals surface area contributed by atoms with Crippen molar-refractivity contribution in [1.82, 2.24) is 5.32 Å². The number of hydrogen-bond acceptors (Lipinski definition) is 5. The molecule has 2 rings (SSSR count). The Labute approximate surface area is 100 Å². The minimum Gasteiger partial charge on any atom is -0.483 e. The zero-order valence-electron chi connectivity index (χ0n) is 9.10. The first kappa shape index (κ1) is 12.7. The van der Waals surface area contributed by atoms with Gasteiger partial charge in [-0.3, -0.25) is 10.1 Å². The molecule has 1 saturated heterocycles. The Kier molecular flexibility index (Phi) is 3.39. The summed E-state index contributed by atoms with van der Waals surface area (Å²) in [6, 6.07) is 1.07. The number of nitrogens with one attached hydrogen (secondary N) is 1. The lowest BCUT2D eigenvalue weighted by Crippen LogP contribution is -2.30. The van der Waals surface area contributed by atoms with Crippen molar-refractivity contribution in [3.8, 4) is 5.75 Å². The van der Waals surface area contributed by atoms with Crippen LogP contribution in [0.4, 0.5) is 14.5 Å². The molecule has 2 unspecified atom stereocenters. The topological polar surface area (TPSA) is 84.6 Å². The largest absolute Gasteiger partial charge is 0.483 e. The molecule has 2 N–H and O–H groups in total. The Hall–Kier alpha value is -1.80. The van der Waals surface area contributed by atoms with Crippen LogP contribution < -0.4 is 10.1 Å². The van der Waals surface area contributed by atoms with Crippen molar-refractivity contribution >= 4 is 5.69 Å². The number of aliphatic hydroxyl groups excluding tert-OH is 1. The summed E-state index contributed by atoms with van der Waals surface area (Å²) in [5.74, 6) is -2.68. The molecule has 0 saturated carbocycles. The molecule has 0 aliphatic carbocycles. The summed E-state index contributed by atoms with van der Waals surface area (Å²) in [5.41, 5.74) is -0.954. The van der Waals surface area contributed by atoms with Gasteiger partial charge in [-0.1, -0.05) is 0 Å². The fraction of sp³-hybridized carbons (Fsp3) is 0.400. The lowest BCUT2D eigenvalue weighted by molar-refractivity contribution is -0.387. The second-order valence-electron chi connectivity index (χ2n) is 3.87. The molecule has 0 amide bonds. The summed E-state index contributed by atoms with van der Waals surface area (Å²) in [6.07, 6.45) is -1.54. The average Bonchev–Trinajstić information content (AvgIpc) is 2.69. The maximum atomic E-state index is 13.5. The monoisotopic (exact) mass is 260 g/mol. The smallest absolute Gasteiger partial charge is 0.307 e. The number of β-amino-alcohol motifs (C(OH)–C–C–N with tert-alkyl or cyclic N) is 1. The van der Waals surface area contributed by atoms with E-state index in [0.29, 0.717) is 25.2 Å². The molecule has 1 aliphatic rings. The van der Waals surface area contributed by atoms with E-state index in [0.717, 1.165) is 0 Å². The van der Waals surface area contributed by atoms with Crippen LogP contribution in [0, 0.1) is 21.7 Å². The number of aliphatic hydroxyl groups is 1. The molecule has 0 bridgehead atoms. The molecule has 1 aromatic rings. The van der Waals surface area contributed by atoms with Gasteiger partial charge in [0.2, 0.25) is 5.82 Å². The minimum atomic E-state index is -1.18. The molecule has 1 aromatic carbocycles. The first-order valence-electron chi connectivity index (χ1n) is 5.18. The molecule has 98 valence electrons. The van der Waals surface area contributed by atoms with Crippen LogP contribution in [0.1, 0.15) is 0 Å². The van der Waals surface area contributed by atoms with E-state index in [9.17, 15) is 24.0 Å². The number of benzene rings is 1. The second-order valence-corrected chi connectivity index (χ2v) is 3.87. The lowest BCUT2D eigenvalue weighted by Gasteiger charge is -2.16. The Morgan fingerprint density at radius 3 is 2.67 bits per heavy atom. The molecule has 18 heavy (non-hydrogen) atoms. The Morgan fingerprint density at radius 2 is 2.11 bits per heavy atom. The highest BCUT2D eigenvalue weighted by Gasteiger charge is 2.28. The summed E-state index contributed by atoms with van der Waals surface area (Å²) in [6.45, 7) is 0.584. The Bertz CT molecular complexity index is 483. The number of halogens is 2. The van der Waals surface area contributed by atoms with Gasteiger partial charge in [0.1, 0.15) is 12.2 Å². The van der Waals surface area contributed by atoms with Crippen molar-refractivity contribution in [2.45, 2.75) is 12.2 Å². The standard InChI is InChI=1S/C10H10F2N2O4/c11-5-2-9(6(12)1-7(5)14(16)17)18-10-4-13-3-8(10)15/h1-2,8,10,13,15H,3-4H2. The first-order chi connectivity index (χ1) is 8.49. The van der Waals surface area contributed by atoms with Crippen molar-refractivity contribution in [2.75, 3.05) is 13.1 Å². The van der Waals surface area contributed by atoms with Crippen molar-refractivity contribution in [3.63, 3.8) is 0 Å². The molecule has 8 heteroatoms. The highest BCUT2D eigenvalue weighted by atomic mass is 19.1. The summed E-state index contributed by atoms with van der Waals surface area (Å²) >= 11 is 0. The van der Waals surface area contributed by atoms with Gasteiger partial charge in [0.25, 0.3) is 0 Å². The van der Waals surface area contributed by atoms with Gasteiger partial charge in [-0.05, 0) is 0 Å². The number of hydrogen-bond donors (Lipinski definition) is 2. The predicted molar refractivity (Wildman–Crippen MR) is 56.3 cm³/mol. The van der Waals surface area contributed by atoms with E-state index in [1.165, 1.54) is 0 Å². The zero-order valence-corrected chi connectivity index (χ0v) is 9.10. The second kappa shape index (κ2) is 4.83. The van der Waals surface area contributed by atoms with Gasteiger partial charge >= 0.3 is 5.69 Å². The third kappa shape index (κ3) is 2.39. The normalized spacial score (nSPS) is 23.1. The van der Waals surface area contributed by atoms with Crippen LogP contribution in [0.15, 0.2) is 12.1 Å². The van der Waals surface area contributed by atoms with Gasteiger partial charge < -0.3 is 15.2 Å². The van der Waals surface area contributed by atoms with E-state index in [-0.39, 0.29) is 0 Å². The van der Waals surface area contributed by atoms with Crippen molar-refractivity contribution in [3.05, 3.63) is 33.9 Å². The van der Waals surface area contributed by atoms with Crippen LogP contribution in [0.5, 0.6) is 5.75 Å². The molecule has 1 fully saturated rings. The van der Waals surface area contributed by atoms with E-state index in [4.69, 9.17) is 4.74 Å². The maximum absolute atomic E-state index is 13.5. The van der Waals surface area contributed by atoms with Gasteiger partial charge in [0, 0.05) is 19.2 Å². The summed E-state index contributed by atoms with van der Waals surface area (Å²) < 4.78 is 31.8. The van der Waals surface area contributed by atoms with E-state index >= 15 is 0 Å². The number of ether oxygens (including phenoxy) is 1. The quantitative estimate of drug-likeness (QED) is 0.613. The van der Waals surface area contributed by atoms with Crippen LogP contribution in [-0.2, 0) is 0 Å². The maximum Gasteiger partial charge on any atom is 0.307 e. The lowest BCUT2D eigenvalue weighted by atomic mass is 10.2. The summed E-state index contributed by atoms with van der Waals surface area (Å²) in [4.78, 5) is 9.37.